The van der Waals surface area contributed by atoms with E-state index >= 15 is 0 Å². The number of aromatic nitrogens is 2. The van der Waals surface area contributed by atoms with Gasteiger partial charge in [-0.05, 0) is 73.6 Å². The number of pyridine rings is 2. The summed E-state index contributed by atoms with van der Waals surface area (Å²) >= 11 is 0. The van der Waals surface area contributed by atoms with Gasteiger partial charge >= 0.3 is 0 Å². The molecular formula is C48H40IrN2-2. The summed E-state index contributed by atoms with van der Waals surface area (Å²) in [5, 5.41) is 5.11. The zero-order valence-electron chi connectivity index (χ0n) is 29.7. The van der Waals surface area contributed by atoms with E-state index in [1.807, 2.05) is 24.5 Å². The Kier molecular flexibility index (Phi) is 10.7. The molecule has 51 heavy (non-hydrogen) atoms. The van der Waals surface area contributed by atoms with Gasteiger partial charge in [-0.1, -0.05) is 136 Å². The Bertz CT molecular complexity index is 2410. The van der Waals surface area contributed by atoms with E-state index in [0.717, 1.165) is 22.5 Å². The van der Waals surface area contributed by atoms with Crippen LogP contribution in [0.5, 0.6) is 0 Å². The fourth-order valence-electron chi connectivity index (χ4n) is 6.35. The molecule has 0 saturated carbocycles. The molecule has 0 saturated heterocycles. The van der Waals surface area contributed by atoms with Gasteiger partial charge in [0, 0.05) is 32.5 Å². The third-order valence-corrected chi connectivity index (χ3v) is 9.23. The van der Waals surface area contributed by atoms with Gasteiger partial charge in [-0.25, -0.2) is 0 Å². The zero-order chi connectivity index (χ0) is 34.7. The first-order valence-electron chi connectivity index (χ1n) is 17.1. The Hall–Kier alpha value is -5.21. The van der Waals surface area contributed by atoms with Crippen molar-refractivity contribution in [1.82, 2.24) is 9.97 Å². The third kappa shape index (κ3) is 7.91. The van der Waals surface area contributed by atoms with Crippen molar-refractivity contribution in [3.05, 3.63) is 181 Å². The minimum atomic E-state index is 0. The molecule has 0 atom stereocenters. The molecule has 2 heterocycles. The van der Waals surface area contributed by atoms with Crippen LogP contribution in [0.15, 0.2) is 152 Å². The molecule has 0 N–H and O–H groups in total. The zero-order valence-corrected chi connectivity index (χ0v) is 32.1. The van der Waals surface area contributed by atoms with Crippen LogP contribution < -0.4 is 0 Å². The predicted molar refractivity (Wildman–Crippen MR) is 211 cm³/mol. The molecule has 0 aliphatic heterocycles. The van der Waals surface area contributed by atoms with Crippen LogP contribution in [0.25, 0.3) is 66.3 Å². The molecule has 253 valence electrons. The molecule has 6 aromatic carbocycles. The normalized spacial score (nSPS) is 11.1. The van der Waals surface area contributed by atoms with Crippen molar-refractivity contribution in [2.24, 2.45) is 0 Å². The Morgan fingerprint density at radius 1 is 0.529 bits per heavy atom. The average molecular weight is 837 g/mol. The van der Waals surface area contributed by atoms with Crippen LogP contribution in [0.3, 0.4) is 0 Å². The fourth-order valence-corrected chi connectivity index (χ4v) is 6.35. The van der Waals surface area contributed by atoms with Crippen molar-refractivity contribution in [3.63, 3.8) is 0 Å². The van der Waals surface area contributed by atoms with Crippen molar-refractivity contribution in [3.8, 4) is 44.8 Å². The van der Waals surface area contributed by atoms with Crippen molar-refractivity contribution in [2.75, 3.05) is 0 Å². The molecule has 2 aromatic heterocycles. The third-order valence-electron chi connectivity index (χ3n) is 9.23. The maximum atomic E-state index is 4.59. The van der Waals surface area contributed by atoms with Gasteiger partial charge in [0.25, 0.3) is 0 Å². The van der Waals surface area contributed by atoms with Crippen LogP contribution in [0, 0.1) is 26.0 Å². The smallest absolute Gasteiger partial charge is 0.0196 e. The first-order chi connectivity index (χ1) is 24.2. The van der Waals surface area contributed by atoms with E-state index in [4.69, 9.17) is 0 Å². The standard InChI is InChI=1S/C29H24N.C19H16N.Ir/c1-29(2,3)23-16-17-30-28(19-23)21-14-12-20(13-15-21)27-18-22-8-4-5-9-24(22)25-10-6-7-11-26(25)27;1-14-8-10-17(11-9-14)19-12-18(15(2)13-20-19)16-6-4-3-5-7-16;/h4-14,16-19H,1-3H3;3-10,12-13H,1-2H3;/q2*-1;. The molecule has 8 aromatic rings. The number of nitrogens with zero attached hydrogens (tertiary/aromatic N) is 2. The van der Waals surface area contributed by atoms with E-state index in [1.54, 1.807) is 0 Å². The summed E-state index contributed by atoms with van der Waals surface area (Å²) in [6, 6.07) is 55.7. The van der Waals surface area contributed by atoms with Gasteiger partial charge in [-0.15, -0.1) is 65.2 Å². The van der Waals surface area contributed by atoms with Crippen LogP contribution in [0.1, 0.15) is 37.5 Å². The number of benzene rings is 6. The monoisotopic (exact) mass is 837 g/mol. The minimum absolute atomic E-state index is 0. The van der Waals surface area contributed by atoms with Gasteiger partial charge in [0.2, 0.25) is 0 Å². The maximum absolute atomic E-state index is 4.59. The fraction of sp³-hybridized carbons (Fsp3) is 0.125. The molecular weight excluding hydrogens is 797 g/mol. The average Bonchev–Trinajstić information content (AvgIpc) is 3.15. The van der Waals surface area contributed by atoms with Gasteiger partial charge in [-0.3, -0.25) is 0 Å². The number of hydrogen-bond donors (Lipinski definition) is 0. The summed E-state index contributed by atoms with van der Waals surface area (Å²) in [6.07, 6.45) is 3.83. The van der Waals surface area contributed by atoms with Crippen molar-refractivity contribution < 1.29 is 20.1 Å². The van der Waals surface area contributed by atoms with E-state index in [-0.39, 0.29) is 25.5 Å². The Morgan fingerprint density at radius 2 is 1.18 bits per heavy atom. The van der Waals surface area contributed by atoms with Gasteiger partial charge in [-0.2, -0.15) is 0 Å². The molecule has 2 nitrogen and oxygen atoms in total. The quantitative estimate of drug-likeness (QED) is 0.130. The molecule has 0 spiro atoms. The summed E-state index contributed by atoms with van der Waals surface area (Å²) in [6.45, 7) is 10.8. The minimum Gasteiger partial charge on any atom is -0.305 e. The molecule has 0 bridgehead atoms. The van der Waals surface area contributed by atoms with Crippen LogP contribution in [-0.2, 0) is 25.5 Å². The summed E-state index contributed by atoms with van der Waals surface area (Å²) in [5.74, 6) is 0. The summed E-state index contributed by atoms with van der Waals surface area (Å²) in [5.41, 5.74) is 12.6. The second-order valence-electron chi connectivity index (χ2n) is 13.9. The largest absolute Gasteiger partial charge is 0.305 e. The topological polar surface area (TPSA) is 25.8 Å². The van der Waals surface area contributed by atoms with Gasteiger partial charge in [0.1, 0.15) is 0 Å². The number of aryl methyl sites for hydroxylation is 2. The van der Waals surface area contributed by atoms with E-state index < -0.39 is 0 Å². The predicted octanol–water partition coefficient (Wildman–Crippen LogP) is 12.6. The van der Waals surface area contributed by atoms with Gasteiger partial charge < -0.3 is 9.97 Å². The Balaban J connectivity index is 0.000000186. The molecule has 3 heteroatoms. The van der Waals surface area contributed by atoms with E-state index in [0.29, 0.717) is 0 Å². The van der Waals surface area contributed by atoms with Crippen LogP contribution >= 0.6 is 0 Å². The molecule has 1 radical (unpaired) electrons. The molecule has 0 fully saturated rings. The van der Waals surface area contributed by atoms with E-state index in [2.05, 4.69) is 184 Å². The summed E-state index contributed by atoms with van der Waals surface area (Å²) in [7, 11) is 0. The van der Waals surface area contributed by atoms with Crippen LogP contribution in [-0.4, -0.2) is 9.97 Å². The molecule has 0 aliphatic rings. The maximum Gasteiger partial charge on any atom is 0.0196 e. The van der Waals surface area contributed by atoms with E-state index in [9.17, 15) is 0 Å². The summed E-state index contributed by atoms with van der Waals surface area (Å²) in [4.78, 5) is 9.12. The first-order valence-corrected chi connectivity index (χ1v) is 17.1. The number of rotatable bonds is 4. The van der Waals surface area contributed by atoms with E-state index in [1.165, 1.54) is 60.5 Å². The van der Waals surface area contributed by atoms with Crippen LogP contribution in [0.4, 0.5) is 0 Å². The Labute approximate surface area is 315 Å². The first kappa shape index (κ1) is 35.6. The van der Waals surface area contributed by atoms with Gasteiger partial charge in [0.15, 0.2) is 0 Å². The van der Waals surface area contributed by atoms with Crippen molar-refractivity contribution in [1.29, 1.82) is 0 Å². The number of hydrogen-bond acceptors (Lipinski definition) is 2. The number of fused-ring (bicyclic) bond motifs is 3. The summed E-state index contributed by atoms with van der Waals surface area (Å²) < 4.78 is 0. The van der Waals surface area contributed by atoms with Crippen molar-refractivity contribution >= 4 is 21.5 Å². The second-order valence-corrected chi connectivity index (χ2v) is 13.9. The molecule has 0 amide bonds. The molecule has 0 unspecified atom stereocenters. The van der Waals surface area contributed by atoms with Crippen LogP contribution in [0.2, 0.25) is 0 Å². The van der Waals surface area contributed by atoms with Gasteiger partial charge in [0.05, 0.1) is 0 Å². The SMILES string of the molecule is CC(C)(C)c1ccnc(-c2[c-]cc(-c3cc4ccccc4c4ccccc34)cc2)c1.Cc1c[c-]c(-c2cc(-c3ccccc3)c(C)cn2)cc1.[Ir]. The van der Waals surface area contributed by atoms with Crippen molar-refractivity contribution in [2.45, 2.75) is 40.0 Å². The Morgan fingerprint density at radius 3 is 1.86 bits per heavy atom. The molecule has 8 rings (SSSR count). The molecule has 0 aliphatic carbocycles. The second kappa shape index (κ2) is 15.4.